The Hall–Kier alpha value is -2.30. The molecule has 0 atom stereocenters. The molecule has 1 saturated carbocycles. The first kappa shape index (κ1) is 13.4. The van der Waals surface area contributed by atoms with Crippen molar-refractivity contribution >= 4 is 5.91 Å². The van der Waals surface area contributed by atoms with Gasteiger partial charge in [-0.25, -0.2) is 0 Å². The Labute approximate surface area is 129 Å². The van der Waals surface area contributed by atoms with Gasteiger partial charge in [-0.2, -0.15) is 5.10 Å². The summed E-state index contributed by atoms with van der Waals surface area (Å²) >= 11 is 0. The molecule has 0 radical (unpaired) electrons. The van der Waals surface area contributed by atoms with Crippen molar-refractivity contribution in [1.29, 1.82) is 0 Å². The number of carbonyl (C=O) groups is 1. The molecule has 1 aliphatic carbocycles. The van der Waals surface area contributed by atoms with Crippen molar-refractivity contribution in [1.82, 2.24) is 14.7 Å². The quantitative estimate of drug-likeness (QED) is 0.918. The van der Waals surface area contributed by atoms with E-state index in [1.807, 2.05) is 30.3 Å². The largest absolute Gasteiger partial charge is 0.508 e. The van der Waals surface area contributed by atoms with Gasteiger partial charge < -0.3 is 10.0 Å². The van der Waals surface area contributed by atoms with Gasteiger partial charge in [0.2, 0.25) is 5.91 Å². The second kappa shape index (κ2) is 4.60. The molecule has 1 amide bonds. The third kappa shape index (κ3) is 2.17. The lowest BCUT2D eigenvalue weighted by Crippen LogP contribution is -2.42. The lowest BCUT2D eigenvalue weighted by molar-refractivity contribution is -0.132. The first-order valence-corrected chi connectivity index (χ1v) is 7.63. The van der Waals surface area contributed by atoms with Gasteiger partial charge in [0.25, 0.3) is 0 Å². The number of hydrogen-bond acceptors (Lipinski definition) is 3. The number of rotatable bonds is 2. The normalized spacial score (nSPS) is 18.3. The maximum Gasteiger partial charge on any atom is 0.227 e. The van der Waals surface area contributed by atoms with Crippen molar-refractivity contribution in [2.24, 2.45) is 7.05 Å². The standard InChI is InChI=1S/C17H19N3O2/c1-19-9-12(8-18-19)6-16(22)20-10-13-2-3-14(21)7-15(13)17(11-20)4-5-17/h2-3,7-9,21H,4-6,10-11H2,1H3. The van der Waals surface area contributed by atoms with Crippen LogP contribution in [0.2, 0.25) is 0 Å². The number of nitrogens with zero attached hydrogens (tertiary/aromatic N) is 3. The van der Waals surface area contributed by atoms with Gasteiger partial charge in [0.05, 0.1) is 12.6 Å². The van der Waals surface area contributed by atoms with Gasteiger partial charge >= 0.3 is 0 Å². The van der Waals surface area contributed by atoms with Crippen LogP contribution in [-0.2, 0) is 30.2 Å². The number of phenolic OH excluding ortho intramolecular Hbond substituents is 1. The van der Waals surface area contributed by atoms with Gasteiger partial charge in [0.15, 0.2) is 0 Å². The third-order valence-corrected chi connectivity index (χ3v) is 4.84. The third-order valence-electron chi connectivity index (χ3n) is 4.84. The summed E-state index contributed by atoms with van der Waals surface area (Å²) in [5.41, 5.74) is 3.43. The predicted octanol–water partition coefficient (Wildman–Crippen LogP) is 1.74. The summed E-state index contributed by atoms with van der Waals surface area (Å²) < 4.78 is 1.72. The molecule has 1 spiro atoms. The molecule has 1 aromatic heterocycles. The minimum absolute atomic E-state index is 0.0803. The molecule has 0 saturated heterocycles. The number of aryl methyl sites for hydroxylation is 1. The van der Waals surface area contributed by atoms with Crippen LogP contribution in [0.15, 0.2) is 30.6 Å². The van der Waals surface area contributed by atoms with Crippen LogP contribution in [0, 0.1) is 0 Å². The minimum atomic E-state index is 0.0803. The first-order valence-electron chi connectivity index (χ1n) is 7.63. The zero-order valence-electron chi connectivity index (χ0n) is 12.6. The monoisotopic (exact) mass is 297 g/mol. The van der Waals surface area contributed by atoms with Gasteiger partial charge in [0, 0.05) is 31.7 Å². The fourth-order valence-corrected chi connectivity index (χ4v) is 3.51. The maximum atomic E-state index is 12.6. The van der Waals surface area contributed by atoms with E-state index >= 15 is 0 Å². The van der Waals surface area contributed by atoms with Gasteiger partial charge in [-0.1, -0.05) is 6.07 Å². The molecule has 114 valence electrons. The van der Waals surface area contributed by atoms with E-state index in [1.165, 1.54) is 11.1 Å². The van der Waals surface area contributed by atoms with Crippen LogP contribution in [0.25, 0.3) is 0 Å². The Morgan fingerprint density at radius 3 is 2.91 bits per heavy atom. The Kier molecular flexibility index (Phi) is 2.79. The van der Waals surface area contributed by atoms with Gasteiger partial charge in [-0.3, -0.25) is 9.48 Å². The molecular formula is C17H19N3O2. The van der Waals surface area contributed by atoms with Crippen molar-refractivity contribution in [3.05, 3.63) is 47.3 Å². The summed E-state index contributed by atoms with van der Waals surface area (Å²) in [4.78, 5) is 14.6. The Bertz CT molecular complexity index is 746. The topological polar surface area (TPSA) is 58.4 Å². The minimum Gasteiger partial charge on any atom is -0.508 e. The molecule has 2 aromatic rings. The number of carbonyl (C=O) groups excluding carboxylic acids is 1. The van der Waals surface area contributed by atoms with Gasteiger partial charge in [-0.05, 0) is 41.7 Å². The molecular weight excluding hydrogens is 278 g/mol. The molecule has 5 heteroatoms. The van der Waals surface area contributed by atoms with Crippen LogP contribution >= 0.6 is 0 Å². The number of amides is 1. The smallest absolute Gasteiger partial charge is 0.227 e. The lowest BCUT2D eigenvalue weighted by Gasteiger charge is -2.35. The van der Waals surface area contributed by atoms with Crippen LogP contribution in [-0.4, -0.2) is 32.2 Å². The van der Waals surface area contributed by atoms with Gasteiger partial charge in [0.1, 0.15) is 5.75 Å². The average Bonchev–Trinajstić information content (AvgIpc) is 3.14. The van der Waals surface area contributed by atoms with Gasteiger partial charge in [-0.15, -0.1) is 0 Å². The van der Waals surface area contributed by atoms with E-state index in [9.17, 15) is 9.90 Å². The van der Waals surface area contributed by atoms with Crippen LogP contribution in [0.3, 0.4) is 0 Å². The molecule has 0 unspecified atom stereocenters. The maximum absolute atomic E-state index is 12.6. The van der Waals surface area contributed by atoms with Crippen LogP contribution < -0.4 is 0 Å². The molecule has 1 fully saturated rings. The summed E-state index contributed by atoms with van der Waals surface area (Å²) in [6, 6.07) is 5.55. The highest BCUT2D eigenvalue weighted by molar-refractivity contribution is 5.79. The molecule has 5 nitrogen and oxygen atoms in total. The van der Waals surface area contributed by atoms with E-state index in [0.717, 1.165) is 24.9 Å². The van der Waals surface area contributed by atoms with Crippen molar-refractivity contribution in [3.63, 3.8) is 0 Å². The molecule has 1 aliphatic heterocycles. The highest BCUT2D eigenvalue weighted by Gasteiger charge is 2.50. The Balaban J connectivity index is 1.57. The second-order valence-corrected chi connectivity index (χ2v) is 6.57. The molecule has 2 heterocycles. The van der Waals surface area contributed by atoms with E-state index in [2.05, 4.69) is 5.10 Å². The zero-order valence-corrected chi connectivity index (χ0v) is 12.6. The van der Waals surface area contributed by atoms with Crippen LogP contribution in [0.1, 0.15) is 29.5 Å². The number of hydrogen-bond donors (Lipinski definition) is 1. The number of aromatic hydroxyl groups is 1. The van der Waals surface area contributed by atoms with Crippen molar-refractivity contribution in [2.45, 2.75) is 31.2 Å². The van der Waals surface area contributed by atoms with Crippen molar-refractivity contribution < 1.29 is 9.90 Å². The summed E-state index contributed by atoms with van der Waals surface area (Å²) in [7, 11) is 1.86. The number of aromatic nitrogens is 2. The summed E-state index contributed by atoms with van der Waals surface area (Å²) in [5.74, 6) is 0.471. The molecule has 22 heavy (non-hydrogen) atoms. The fraction of sp³-hybridized carbons (Fsp3) is 0.412. The summed E-state index contributed by atoms with van der Waals surface area (Å²) in [6.07, 6.45) is 6.24. The number of phenols is 1. The van der Waals surface area contributed by atoms with Crippen LogP contribution in [0.4, 0.5) is 0 Å². The number of benzene rings is 1. The van der Waals surface area contributed by atoms with E-state index in [4.69, 9.17) is 0 Å². The van der Waals surface area contributed by atoms with Crippen LogP contribution in [0.5, 0.6) is 5.75 Å². The highest BCUT2D eigenvalue weighted by Crippen LogP contribution is 2.53. The van der Waals surface area contributed by atoms with E-state index in [1.54, 1.807) is 16.9 Å². The highest BCUT2D eigenvalue weighted by atomic mass is 16.3. The predicted molar refractivity (Wildman–Crippen MR) is 81.3 cm³/mol. The van der Waals surface area contributed by atoms with Crippen molar-refractivity contribution in [3.8, 4) is 5.75 Å². The number of fused-ring (bicyclic) bond motifs is 2. The molecule has 0 bridgehead atoms. The lowest BCUT2D eigenvalue weighted by atomic mass is 9.86. The molecule has 4 rings (SSSR count). The van der Waals surface area contributed by atoms with Crippen molar-refractivity contribution in [2.75, 3.05) is 6.54 Å². The molecule has 2 aliphatic rings. The Morgan fingerprint density at radius 2 is 2.23 bits per heavy atom. The van der Waals surface area contributed by atoms with E-state index < -0.39 is 0 Å². The fourth-order valence-electron chi connectivity index (χ4n) is 3.51. The SMILES string of the molecule is Cn1cc(CC(=O)N2Cc3ccc(O)cc3C3(CC3)C2)cn1. The molecule has 1 aromatic carbocycles. The second-order valence-electron chi connectivity index (χ2n) is 6.57. The van der Waals surface area contributed by atoms with E-state index in [-0.39, 0.29) is 11.3 Å². The zero-order chi connectivity index (χ0) is 15.3. The molecule has 1 N–H and O–H groups in total. The van der Waals surface area contributed by atoms with E-state index in [0.29, 0.717) is 18.7 Å². The Morgan fingerprint density at radius 1 is 1.41 bits per heavy atom. The first-order chi connectivity index (χ1) is 10.6. The average molecular weight is 297 g/mol. The summed E-state index contributed by atoms with van der Waals surface area (Å²) in [6.45, 7) is 1.40. The summed E-state index contributed by atoms with van der Waals surface area (Å²) in [5, 5.41) is 13.9.